The molecule has 2 aromatic rings. The molecule has 1 heterocycles. The third-order valence-corrected chi connectivity index (χ3v) is 5.93. The molecular weight excluding hydrogens is 473 g/mol. The predicted molar refractivity (Wildman–Crippen MR) is 127 cm³/mol. The summed E-state index contributed by atoms with van der Waals surface area (Å²) in [4.78, 5) is 25.1. The zero-order valence-corrected chi connectivity index (χ0v) is 19.6. The second-order valence-electron chi connectivity index (χ2n) is 7.17. The van der Waals surface area contributed by atoms with E-state index in [1.54, 1.807) is 68.5 Å². The van der Waals surface area contributed by atoms with E-state index in [-0.39, 0.29) is 17.8 Å². The number of esters is 1. The molecular formula is C24H20Cl3NO4. The third-order valence-electron chi connectivity index (χ3n) is 4.96. The number of carboxylic acid groups (broad SMARTS) is 1. The van der Waals surface area contributed by atoms with Gasteiger partial charge in [-0.1, -0.05) is 59.1 Å². The van der Waals surface area contributed by atoms with Gasteiger partial charge in [0.05, 0.1) is 27.1 Å². The van der Waals surface area contributed by atoms with Crippen LogP contribution in [0, 0.1) is 0 Å². The van der Waals surface area contributed by atoms with Crippen LogP contribution >= 0.6 is 34.8 Å². The van der Waals surface area contributed by atoms with Crippen molar-refractivity contribution in [2.75, 3.05) is 6.61 Å². The molecule has 0 spiro atoms. The molecule has 1 aliphatic heterocycles. The second kappa shape index (κ2) is 10.3. The van der Waals surface area contributed by atoms with E-state index >= 15 is 0 Å². The van der Waals surface area contributed by atoms with Crippen molar-refractivity contribution >= 4 is 52.8 Å². The van der Waals surface area contributed by atoms with E-state index < -0.39 is 17.9 Å². The van der Waals surface area contributed by atoms with Crippen LogP contribution in [0.3, 0.4) is 0 Å². The average Bonchev–Trinajstić information content (AvgIpc) is 2.72. The first-order valence-corrected chi connectivity index (χ1v) is 10.8. The average molecular weight is 493 g/mol. The Bertz CT molecular complexity index is 1170. The van der Waals surface area contributed by atoms with Crippen molar-refractivity contribution in [3.63, 3.8) is 0 Å². The van der Waals surface area contributed by atoms with Crippen LogP contribution in [-0.2, 0) is 14.3 Å². The maximum atomic E-state index is 13.0. The number of carboxylic acids is 1. The highest BCUT2D eigenvalue weighted by Gasteiger charge is 2.37. The number of ether oxygens (including phenoxy) is 1. The lowest BCUT2D eigenvalue weighted by Gasteiger charge is -2.29. The Morgan fingerprint density at radius 1 is 1.03 bits per heavy atom. The number of dihydropyridines is 1. The first kappa shape index (κ1) is 23.9. The molecule has 32 heavy (non-hydrogen) atoms. The molecule has 0 aliphatic carbocycles. The first-order chi connectivity index (χ1) is 15.2. The molecule has 1 aliphatic rings. The number of allylic oxidation sites excluding steroid dienone is 2. The van der Waals surface area contributed by atoms with Gasteiger partial charge in [0.1, 0.15) is 6.61 Å². The predicted octanol–water partition coefficient (Wildman–Crippen LogP) is 6.22. The van der Waals surface area contributed by atoms with Crippen molar-refractivity contribution in [1.29, 1.82) is 0 Å². The van der Waals surface area contributed by atoms with Crippen molar-refractivity contribution < 1.29 is 19.4 Å². The molecule has 0 radical (unpaired) electrons. The number of halogens is 3. The molecule has 0 aromatic heterocycles. The quantitative estimate of drug-likeness (QED) is 0.468. The molecule has 1 unspecified atom stereocenters. The summed E-state index contributed by atoms with van der Waals surface area (Å²) in [5, 5.41) is 14.1. The number of benzene rings is 2. The smallest absolute Gasteiger partial charge is 0.337 e. The Morgan fingerprint density at radius 3 is 2.41 bits per heavy atom. The van der Waals surface area contributed by atoms with Gasteiger partial charge < -0.3 is 15.2 Å². The lowest BCUT2D eigenvalue weighted by atomic mass is 9.80. The number of hydrogen-bond donors (Lipinski definition) is 2. The van der Waals surface area contributed by atoms with Crippen LogP contribution in [0.4, 0.5) is 0 Å². The highest BCUT2D eigenvalue weighted by Crippen LogP contribution is 2.39. The number of nitrogens with one attached hydrogen (secondary N) is 1. The van der Waals surface area contributed by atoms with E-state index in [0.717, 1.165) is 5.56 Å². The Hall–Kier alpha value is -2.73. The molecule has 0 bridgehead atoms. The third kappa shape index (κ3) is 5.36. The van der Waals surface area contributed by atoms with Gasteiger partial charge in [0, 0.05) is 16.4 Å². The Kier molecular flexibility index (Phi) is 7.67. The molecule has 2 aromatic carbocycles. The van der Waals surface area contributed by atoms with Crippen molar-refractivity contribution in [3.05, 3.63) is 97.3 Å². The lowest BCUT2D eigenvalue weighted by molar-refractivity contribution is -0.138. The van der Waals surface area contributed by atoms with E-state index in [4.69, 9.17) is 39.5 Å². The van der Waals surface area contributed by atoms with Gasteiger partial charge in [-0.15, -0.1) is 0 Å². The van der Waals surface area contributed by atoms with Crippen LogP contribution in [-0.4, -0.2) is 23.7 Å². The minimum atomic E-state index is -1.13. The maximum absolute atomic E-state index is 13.0. The van der Waals surface area contributed by atoms with Crippen LogP contribution < -0.4 is 5.32 Å². The number of carbonyl (C=O) groups is 2. The highest BCUT2D eigenvalue weighted by atomic mass is 35.5. The molecule has 0 amide bonds. The SMILES string of the molecule is CC1=C(C(=O)O)C(c2cccc(Cl)c2)C(C(=O)OC/C=C/c2ccc(Cl)c(Cl)c2)=C(C)N1. The summed E-state index contributed by atoms with van der Waals surface area (Å²) in [5.74, 6) is -2.57. The fourth-order valence-corrected chi connectivity index (χ4v) is 4.07. The molecule has 166 valence electrons. The summed E-state index contributed by atoms with van der Waals surface area (Å²) in [5.41, 5.74) is 2.66. The summed E-state index contributed by atoms with van der Waals surface area (Å²) < 4.78 is 5.44. The van der Waals surface area contributed by atoms with Crippen LogP contribution in [0.2, 0.25) is 15.1 Å². The van der Waals surface area contributed by atoms with Gasteiger partial charge >= 0.3 is 11.9 Å². The monoisotopic (exact) mass is 491 g/mol. The van der Waals surface area contributed by atoms with E-state index in [1.165, 1.54) is 0 Å². The molecule has 1 atom stereocenters. The summed E-state index contributed by atoms with van der Waals surface area (Å²) in [6.45, 7) is 3.36. The van der Waals surface area contributed by atoms with Crippen LogP contribution in [0.25, 0.3) is 6.08 Å². The summed E-state index contributed by atoms with van der Waals surface area (Å²) in [7, 11) is 0. The van der Waals surface area contributed by atoms with Gasteiger partial charge in [0.25, 0.3) is 0 Å². The fraction of sp³-hybridized carbons (Fsp3) is 0.167. The van der Waals surface area contributed by atoms with Gasteiger partial charge in [-0.05, 0) is 55.3 Å². The number of rotatable bonds is 6. The van der Waals surface area contributed by atoms with Gasteiger partial charge in [-0.2, -0.15) is 0 Å². The summed E-state index contributed by atoms with van der Waals surface area (Å²) in [6.07, 6.45) is 3.41. The van der Waals surface area contributed by atoms with Crippen LogP contribution in [0.5, 0.6) is 0 Å². The zero-order chi connectivity index (χ0) is 23.4. The number of aliphatic carboxylic acids is 1. The van der Waals surface area contributed by atoms with Gasteiger partial charge in [0.15, 0.2) is 0 Å². The zero-order valence-electron chi connectivity index (χ0n) is 17.3. The molecule has 0 saturated heterocycles. The van der Waals surface area contributed by atoms with Crippen molar-refractivity contribution in [3.8, 4) is 0 Å². The van der Waals surface area contributed by atoms with Crippen molar-refractivity contribution in [2.24, 2.45) is 0 Å². The molecule has 3 rings (SSSR count). The normalized spacial score (nSPS) is 16.3. The van der Waals surface area contributed by atoms with Gasteiger partial charge in [-0.25, -0.2) is 9.59 Å². The first-order valence-electron chi connectivity index (χ1n) is 9.65. The largest absolute Gasteiger partial charge is 0.478 e. The van der Waals surface area contributed by atoms with Crippen molar-refractivity contribution in [1.82, 2.24) is 5.32 Å². The van der Waals surface area contributed by atoms with E-state index in [1.807, 2.05) is 0 Å². The molecule has 2 N–H and O–H groups in total. The highest BCUT2D eigenvalue weighted by molar-refractivity contribution is 6.42. The van der Waals surface area contributed by atoms with E-state index in [2.05, 4.69) is 5.32 Å². The molecule has 8 heteroatoms. The van der Waals surface area contributed by atoms with Gasteiger partial charge in [0.2, 0.25) is 0 Å². The van der Waals surface area contributed by atoms with E-state index in [9.17, 15) is 14.7 Å². The van der Waals surface area contributed by atoms with Crippen LogP contribution in [0.15, 0.2) is 71.1 Å². The van der Waals surface area contributed by atoms with Crippen molar-refractivity contribution in [2.45, 2.75) is 19.8 Å². The Morgan fingerprint density at radius 2 is 1.75 bits per heavy atom. The second-order valence-corrected chi connectivity index (χ2v) is 8.42. The van der Waals surface area contributed by atoms with Gasteiger partial charge in [-0.3, -0.25) is 0 Å². The summed E-state index contributed by atoms with van der Waals surface area (Å²) >= 11 is 18.1. The molecule has 0 fully saturated rings. The minimum absolute atomic E-state index is 0.0107. The topological polar surface area (TPSA) is 75.6 Å². The Balaban J connectivity index is 1.85. The summed E-state index contributed by atoms with van der Waals surface area (Å²) in [6, 6.07) is 11.9. The number of carbonyl (C=O) groups excluding carboxylic acids is 1. The minimum Gasteiger partial charge on any atom is -0.478 e. The fourth-order valence-electron chi connectivity index (χ4n) is 3.57. The number of hydrogen-bond acceptors (Lipinski definition) is 4. The lowest BCUT2D eigenvalue weighted by Crippen LogP contribution is -2.31. The van der Waals surface area contributed by atoms with Crippen LogP contribution in [0.1, 0.15) is 30.9 Å². The molecule has 0 saturated carbocycles. The standard InChI is InChI=1S/C24H20Cl3NO4/c1-13-20(23(29)30)22(16-6-3-7-17(25)12-16)21(14(2)28-13)24(31)32-10-4-5-15-8-9-18(26)19(27)11-15/h3-9,11-12,22,28H,10H2,1-2H3,(H,29,30)/b5-4+. The maximum Gasteiger partial charge on any atom is 0.337 e. The van der Waals surface area contributed by atoms with E-state index in [0.29, 0.717) is 32.0 Å². The Labute approximate surface area is 200 Å². The molecule has 5 nitrogen and oxygen atoms in total.